The van der Waals surface area contributed by atoms with Gasteiger partial charge in [-0.05, 0) is 32.3 Å². The number of H-pyrrole nitrogens is 1. The van der Waals surface area contributed by atoms with Crippen LogP contribution >= 0.6 is 22.9 Å². The van der Waals surface area contributed by atoms with Crippen molar-refractivity contribution in [3.63, 3.8) is 0 Å². The molecule has 1 aliphatic rings. The van der Waals surface area contributed by atoms with Crippen LogP contribution in [-0.2, 0) is 11.8 Å². The predicted molar refractivity (Wildman–Crippen MR) is 124 cm³/mol. The van der Waals surface area contributed by atoms with E-state index in [4.69, 9.17) is 16.3 Å². The van der Waals surface area contributed by atoms with Crippen molar-refractivity contribution < 1.29 is 19.4 Å². The molecule has 2 atom stereocenters. The summed E-state index contributed by atoms with van der Waals surface area (Å²) in [6.45, 7) is 5.41. The van der Waals surface area contributed by atoms with Crippen molar-refractivity contribution in [2.24, 2.45) is 13.0 Å². The SMILES string of the molecule is CCO[C@H]1CN(c2nc(-c3ncnn3C)c(C(=O)O)s2)CC[C@H]1CC(=O)c1cc(Cl)c(C)[nH]1. The number of nitrogens with one attached hydrogen (secondary N) is 1. The Kier molecular flexibility index (Phi) is 6.82. The fraction of sp³-hybridized carbons (Fsp3) is 0.476. The lowest BCUT2D eigenvalue weighted by atomic mass is 9.88. The number of aromatic carboxylic acids is 1. The van der Waals surface area contributed by atoms with E-state index in [-0.39, 0.29) is 22.7 Å². The number of carbonyl (C=O) groups is 2. The summed E-state index contributed by atoms with van der Waals surface area (Å²) in [4.78, 5) is 38.6. The molecule has 0 unspecified atom stereocenters. The summed E-state index contributed by atoms with van der Waals surface area (Å²) >= 11 is 7.20. The Morgan fingerprint density at radius 3 is 2.82 bits per heavy atom. The fourth-order valence-corrected chi connectivity index (χ4v) is 5.15. The molecule has 12 heteroatoms. The molecule has 3 aromatic heterocycles. The molecule has 10 nitrogen and oxygen atoms in total. The van der Waals surface area contributed by atoms with E-state index in [1.54, 1.807) is 13.1 Å². The second kappa shape index (κ2) is 9.62. The van der Waals surface area contributed by atoms with Gasteiger partial charge in [-0.2, -0.15) is 5.10 Å². The van der Waals surface area contributed by atoms with Crippen LogP contribution in [0.3, 0.4) is 0 Å². The van der Waals surface area contributed by atoms with Gasteiger partial charge in [0.2, 0.25) is 0 Å². The third-order valence-electron chi connectivity index (χ3n) is 5.78. The minimum Gasteiger partial charge on any atom is -0.477 e. The number of carbonyl (C=O) groups excluding carboxylic acids is 1. The molecule has 0 bridgehead atoms. The molecule has 1 fully saturated rings. The first-order valence-corrected chi connectivity index (χ1v) is 11.8. The standard InChI is InChI=1S/C21H25ClN6O4S/c1-4-32-16-9-28(6-5-12(16)7-15(29)14-8-13(22)11(2)25-14)21-26-17(18(33-21)20(30)31)19-23-10-24-27(19)3/h8,10,12,16,25H,4-7,9H2,1-3H3,(H,30,31)/t12-,16-/m0/s1. The molecular weight excluding hydrogens is 468 g/mol. The van der Waals surface area contributed by atoms with Gasteiger partial charge in [-0.15, -0.1) is 0 Å². The van der Waals surface area contributed by atoms with Gasteiger partial charge >= 0.3 is 5.97 Å². The van der Waals surface area contributed by atoms with Crippen molar-refractivity contribution in [3.05, 3.63) is 33.7 Å². The van der Waals surface area contributed by atoms with Crippen molar-refractivity contribution in [3.8, 4) is 11.5 Å². The summed E-state index contributed by atoms with van der Waals surface area (Å²) in [7, 11) is 1.69. The van der Waals surface area contributed by atoms with Gasteiger partial charge in [-0.1, -0.05) is 22.9 Å². The van der Waals surface area contributed by atoms with Crippen LogP contribution in [0.25, 0.3) is 11.5 Å². The van der Waals surface area contributed by atoms with E-state index in [2.05, 4.69) is 20.1 Å². The fourth-order valence-electron chi connectivity index (χ4n) is 4.06. The molecule has 0 aromatic carbocycles. The van der Waals surface area contributed by atoms with E-state index in [1.165, 1.54) is 11.0 Å². The minimum absolute atomic E-state index is 0.000124. The second-order valence-electron chi connectivity index (χ2n) is 7.96. The van der Waals surface area contributed by atoms with Crippen LogP contribution in [0.4, 0.5) is 5.13 Å². The number of Topliss-reactive ketones (excluding diaryl/α,β-unsaturated/α-hetero) is 1. The van der Waals surface area contributed by atoms with Gasteiger partial charge in [0.1, 0.15) is 16.9 Å². The predicted octanol–water partition coefficient (Wildman–Crippen LogP) is 3.43. The summed E-state index contributed by atoms with van der Waals surface area (Å²) in [5, 5.41) is 14.9. The number of anilines is 1. The first-order valence-electron chi connectivity index (χ1n) is 10.6. The third kappa shape index (κ3) is 4.80. The molecule has 2 N–H and O–H groups in total. The molecule has 0 amide bonds. The molecule has 0 saturated carbocycles. The summed E-state index contributed by atoms with van der Waals surface area (Å²) in [5.41, 5.74) is 1.58. The van der Waals surface area contributed by atoms with E-state index in [0.717, 1.165) is 17.0 Å². The third-order valence-corrected chi connectivity index (χ3v) is 7.28. The number of ketones is 1. The van der Waals surface area contributed by atoms with Crippen LogP contribution in [-0.4, -0.2) is 67.4 Å². The molecule has 33 heavy (non-hydrogen) atoms. The van der Waals surface area contributed by atoms with E-state index < -0.39 is 5.97 Å². The van der Waals surface area contributed by atoms with Crippen molar-refractivity contribution in [1.82, 2.24) is 24.7 Å². The Balaban J connectivity index is 1.53. The first-order chi connectivity index (χ1) is 15.8. The number of aromatic nitrogens is 5. The summed E-state index contributed by atoms with van der Waals surface area (Å²) in [6, 6.07) is 1.67. The van der Waals surface area contributed by atoms with E-state index in [9.17, 15) is 14.7 Å². The van der Waals surface area contributed by atoms with Gasteiger partial charge in [-0.3, -0.25) is 4.79 Å². The molecule has 1 saturated heterocycles. The Hall–Kier alpha value is -2.76. The molecule has 0 aliphatic carbocycles. The number of carboxylic acids is 1. The quantitative estimate of drug-likeness (QED) is 0.458. The Morgan fingerprint density at radius 2 is 2.21 bits per heavy atom. The number of hydrogen-bond donors (Lipinski definition) is 2. The maximum atomic E-state index is 12.8. The maximum absolute atomic E-state index is 12.8. The number of rotatable bonds is 8. The number of halogens is 1. The van der Waals surface area contributed by atoms with E-state index in [0.29, 0.717) is 59.9 Å². The zero-order valence-electron chi connectivity index (χ0n) is 18.5. The van der Waals surface area contributed by atoms with Gasteiger partial charge in [-0.25, -0.2) is 19.4 Å². The largest absolute Gasteiger partial charge is 0.477 e. The molecule has 4 rings (SSSR count). The number of aromatic amines is 1. The van der Waals surface area contributed by atoms with E-state index in [1.807, 2.05) is 18.7 Å². The van der Waals surface area contributed by atoms with Crippen LogP contribution < -0.4 is 4.90 Å². The highest BCUT2D eigenvalue weighted by molar-refractivity contribution is 7.17. The molecule has 1 aliphatic heterocycles. The minimum atomic E-state index is -1.06. The number of piperidine rings is 1. The van der Waals surface area contributed by atoms with Crippen molar-refractivity contribution in [2.75, 3.05) is 24.6 Å². The highest BCUT2D eigenvalue weighted by atomic mass is 35.5. The first kappa shape index (κ1) is 23.4. The molecular formula is C21H25ClN6O4S. The number of ether oxygens (including phenoxy) is 1. The van der Waals surface area contributed by atoms with Crippen molar-refractivity contribution >= 4 is 39.8 Å². The lowest BCUT2D eigenvalue weighted by Crippen LogP contribution is -2.46. The van der Waals surface area contributed by atoms with Gasteiger partial charge in [0.25, 0.3) is 0 Å². The lowest BCUT2D eigenvalue weighted by molar-refractivity contribution is 0.0103. The Morgan fingerprint density at radius 1 is 1.42 bits per heavy atom. The van der Waals surface area contributed by atoms with Crippen LogP contribution in [0.2, 0.25) is 5.02 Å². The maximum Gasteiger partial charge on any atom is 0.348 e. The van der Waals surface area contributed by atoms with Crippen LogP contribution in [0, 0.1) is 12.8 Å². The summed E-state index contributed by atoms with van der Waals surface area (Å²) in [6.07, 6.45) is 2.24. The Bertz CT molecular complexity index is 1150. The molecule has 176 valence electrons. The topological polar surface area (TPSA) is 126 Å². The number of carboxylic acid groups (broad SMARTS) is 1. The zero-order chi connectivity index (χ0) is 23.7. The Labute approximate surface area is 199 Å². The van der Waals surface area contributed by atoms with Crippen LogP contribution in [0.5, 0.6) is 0 Å². The van der Waals surface area contributed by atoms with Crippen molar-refractivity contribution in [2.45, 2.75) is 32.8 Å². The number of hydrogen-bond acceptors (Lipinski definition) is 8. The molecule has 0 spiro atoms. The average Bonchev–Trinajstić information content (AvgIpc) is 3.48. The van der Waals surface area contributed by atoms with Crippen molar-refractivity contribution in [1.29, 1.82) is 0 Å². The van der Waals surface area contributed by atoms with Crippen LogP contribution in [0.1, 0.15) is 45.6 Å². The molecule has 0 radical (unpaired) electrons. The van der Waals surface area contributed by atoms with E-state index >= 15 is 0 Å². The zero-order valence-corrected chi connectivity index (χ0v) is 20.1. The van der Waals surface area contributed by atoms with Gasteiger partial charge < -0.3 is 19.7 Å². The van der Waals surface area contributed by atoms with Crippen LogP contribution in [0.15, 0.2) is 12.4 Å². The highest BCUT2D eigenvalue weighted by Crippen LogP contribution is 2.35. The van der Waals surface area contributed by atoms with Gasteiger partial charge in [0.05, 0.1) is 16.8 Å². The summed E-state index contributed by atoms with van der Waals surface area (Å²) in [5.74, 6) is -0.622. The highest BCUT2D eigenvalue weighted by Gasteiger charge is 2.34. The monoisotopic (exact) mass is 492 g/mol. The number of aryl methyl sites for hydroxylation is 2. The van der Waals surface area contributed by atoms with Gasteiger partial charge in [0.15, 0.2) is 16.7 Å². The smallest absolute Gasteiger partial charge is 0.348 e. The number of thiazole rings is 1. The lowest BCUT2D eigenvalue weighted by Gasteiger charge is -2.38. The summed E-state index contributed by atoms with van der Waals surface area (Å²) < 4.78 is 7.49. The molecule has 3 aromatic rings. The van der Waals surface area contributed by atoms with Gasteiger partial charge in [0, 0.05) is 38.9 Å². The average molecular weight is 493 g/mol. The number of nitrogens with zero attached hydrogens (tertiary/aromatic N) is 5. The second-order valence-corrected chi connectivity index (χ2v) is 9.34. The normalized spacial score (nSPS) is 18.6. The molecule has 4 heterocycles.